The molecule has 1 amide bonds. The number of hydrogen-bond donors (Lipinski definition) is 2. The number of ether oxygens (including phenoxy) is 3. The number of carbonyl (C=O) groups is 1. The first-order valence-corrected chi connectivity index (χ1v) is 10.3. The van der Waals surface area contributed by atoms with Crippen LogP contribution in [-0.2, 0) is 11.2 Å². The zero-order chi connectivity index (χ0) is 24.0. The third-order valence-corrected chi connectivity index (χ3v) is 4.69. The number of methoxy groups -OCH3 is 3. The van der Waals surface area contributed by atoms with Gasteiger partial charge in [-0.1, -0.05) is 13.3 Å². The summed E-state index contributed by atoms with van der Waals surface area (Å²) in [5.41, 5.74) is 1.71. The number of anilines is 1. The molecule has 10 nitrogen and oxygen atoms in total. The molecule has 0 radical (unpaired) electrons. The van der Waals surface area contributed by atoms with Crippen LogP contribution in [0, 0.1) is 6.92 Å². The van der Waals surface area contributed by atoms with Crippen LogP contribution in [-0.4, -0.2) is 47.0 Å². The van der Waals surface area contributed by atoms with Gasteiger partial charge < -0.3 is 19.5 Å². The molecule has 0 fully saturated rings. The second-order valence-corrected chi connectivity index (χ2v) is 7.17. The lowest BCUT2D eigenvalue weighted by Crippen LogP contribution is -2.18. The SMILES string of the molecule is CCCc1cc(=O)[nH]c(-n2nc(C)cc2NC(=O)/C=C/c2cc(OC)c(OC)c(OC)c2)n1. The molecular formula is C23H27N5O5. The first-order valence-electron chi connectivity index (χ1n) is 10.3. The van der Waals surface area contributed by atoms with Crippen molar-refractivity contribution in [1.29, 1.82) is 0 Å². The fourth-order valence-corrected chi connectivity index (χ4v) is 3.27. The Kier molecular flexibility index (Phi) is 7.50. The van der Waals surface area contributed by atoms with Crippen molar-refractivity contribution in [3.8, 4) is 23.2 Å². The number of rotatable bonds is 9. The molecule has 2 heterocycles. The summed E-state index contributed by atoms with van der Waals surface area (Å²) < 4.78 is 17.4. The molecule has 2 N–H and O–H groups in total. The maximum atomic E-state index is 12.6. The molecule has 2 aromatic heterocycles. The number of H-pyrrole nitrogens is 1. The smallest absolute Gasteiger partial charge is 0.252 e. The lowest BCUT2D eigenvalue weighted by atomic mass is 10.1. The summed E-state index contributed by atoms with van der Waals surface area (Å²) in [6.45, 7) is 3.79. The van der Waals surface area contributed by atoms with Crippen LogP contribution >= 0.6 is 0 Å². The Morgan fingerprint density at radius 2 is 1.82 bits per heavy atom. The van der Waals surface area contributed by atoms with E-state index in [0.717, 1.165) is 6.42 Å². The van der Waals surface area contributed by atoms with Gasteiger partial charge >= 0.3 is 0 Å². The standard InChI is InChI=1S/C23H27N5O5/c1-6-7-16-13-21(30)26-23(24-16)28-19(10-14(2)27-28)25-20(29)9-8-15-11-17(31-3)22(33-5)18(12-15)32-4/h8-13H,6-7H2,1-5H3,(H,25,29)(H,24,26,30)/b9-8+. The van der Waals surface area contributed by atoms with Crippen LogP contribution in [0.3, 0.4) is 0 Å². The summed E-state index contributed by atoms with van der Waals surface area (Å²) in [6, 6.07) is 6.61. The average molecular weight is 453 g/mol. The number of nitrogens with one attached hydrogen (secondary N) is 2. The number of benzene rings is 1. The summed E-state index contributed by atoms with van der Waals surface area (Å²) in [5.74, 6) is 1.65. The highest BCUT2D eigenvalue weighted by Gasteiger charge is 2.14. The summed E-state index contributed by atoms with van der Waals surface area (Å²) in [4.78, 5) is 31.8. The van der Waals surface area contributed by atoms with Gasteiger partial charge in [0.2, 0.25) is 17.6 Å². The number of aromatic amines is 1. The van der Waals surface area contributed by atoms with E-state index in [0.29, 0.717) is 46.4 Å². The monoisotopic (exact) mass is 453 g/mol. The Bertz CT molecular complexity index is 1200. The van der Waals surface area contributed by atoms with Gasteiger partial charge in [-0.15, -0.1) is 0 Å². The molecule has 33 heavy (non-hydrogen) atoms. The number of aryl methyl sites for hydroxylation is 2. The summed E-state index contributed by atoms with van der Waals surface area (Å²) >= 11 is 0. The van der Waals surface area contributed by atoms with Crippen molar-refractivity contribution in [1.82, 2.24) is 19.7 Å². The number of amides is 1. The van der Waals surface area contributed by atoms with E-state index >= 15 is 0 Å². The Balaban J connectivity index is 1.85. The van der Waals surface area contributed by atoms with E-state index in [1.807, 2.05) is 6.92 Å². The molecule has 0 saturated heterocycles. The molecule has 174 valence electrons. The molecule has 0 aliphatic heterocycles. The van der Waals surface area contributed by atoms with Crippen molar-refractivity contribution >= 4 is 17.8 Å². The van der Waals surface area contributed by atoms with Gasteiger partial charge in [0.05, 0.1) is 27.0 Å². The van der Waals surface area contributed by atoms with Crippen molar-refractivity contribution in [2.45, 2.75) is 26.7 Å². The quantitative estimate of drug-likeness (QED) is 0.478. The van der Waals surface area contributed by atoms with Gasteiger partial charge in [-0.2, -0.15) is 9.78 Å². The second-order valence-electron chi connectivity index (χ2n) is 7.17. The first-order chi connectivity index (χ1) is 15.9. The van der Waals surface area contributed by atoms with E-state index in [1.165, 1.54) is 38.2 Å². The minimum Gasteiger partial charge on any atom is -0.493 e. The molecule has 0 unspecified atom stereocenters. The van der Waals surface area contributed by atoms with Crippen molar-refractivity contribution < 1.29 is 19.0 Å². The van der Waals surface area contributed by atoms with Crippen LogP contribution in [0.4, 0.5) is 5.82 Å². The molecule has 3 aromatic rings. The highest BCUT2D eigenvalue weighted by molar-refractivity contribution is 6.01. The van der Waals surface area contributed by atoms with Gasteiger partial charge in [-0.05, 0) is 37.1 Å². The Labute approximate surface area is 191 Å². The normalized spacial score (nSPS) is 10.9. The Morgan fingerprint density at radius 3 is 2.42 bits per heavy atom. The molecule has 0 aliphatic rings. The number of hydrogen-bond acceptors (Lipinski definition) is 7. The minimum absolute atomic E-state index is 0.239. The van der Waals surface area contributed by atoms with Crippen LogP contribution in [0.5, 0.6) is 17.2 Å². The van der Waals surface area contributed by atoms with Gasteiger partial charge in [0, 0.05) is 23.9 Å². The number of carbonyl (C=O) groups excluding carboxylic acids is 1. The van der Waals surface area contributed by atoms with Gasteiger partial charge in [0.25, 0.3) is 5.56 Å². The second kappa shape index (κ2) is 10.5. The molecule has 0 aliphatic carbocycles. The van der Waals surface area contributed by atoms with Crippen molar-refractivity contribution in [3.05, 3.63) is 57.6 Å². The minimum atomic E-state index is -0.392. The molecule has 0 spiro atoms. The lowest BCUT2D eigenvalue weighted by molar-refractivity contribution is -0.111. The predicted octanol–water partition coefficient (Wildman–Crippen LogP) is 2.89. The topological polar surface area (TPSA) is 120 Å². The molecule has 0 bridgehead atoms. The van der Waals surface area contributed by atoms with Crippen molar-refractivity contribution in [2.24, 2.45) is 0 Å². The van der Waals surface area contributed by atoms with Crippen molar-refractivity contribution in [2.75, 3.05) is 26.6 Å². The van der Waals surface area contributed by atoms with E-state index in [4.69, 9.17) is 14.2 Å². The maximum absolute atomic E-state index is 12.6. The predicted molar refractivity (Wildman–Crippen MR) is 124 cm³/mol. The molecule has 0 atom stereocenters. The molecule has 3 rings (SSSR count). The molecule has 0 saturated carbocycles. The molecular weight excluding hydrogens is 426 g/mol. The zero-order valence-corrected chi connectivity index (χ0v) is 19.3. The summed E-state index contributed by atoms with van der Waals surface area (Å²) in [5, 5.41) is 7.13. The maximum Gasteiger partial charge on any atom is 0.252 e. The van der Waals surface area contributed by atoms with Crippen LogP contribution in [0.1, 0.15) is 30.3 Å². The molecule has 10 heteroatoms. The lowest BCUT2D eigenvalue weighted by Gasteiger charge is -2.12. The Morgan fingerprint density at radius 1 is 1.12 bits per heavy atom. The number of aromatic nitrogens is 4. The van der Waals surface area contributed by atoms with Gasteiger partial charge in [-0.3, -0.25) is 14.6 Å². The molecule has 1 aromatic carbocycles. The summed E-state index contributed by atoms with van der Waals surface area (Å²) in [7, 11) is 4.57. The van der Waals surface area contributed by atoms with Crippen LogP contribution < -0.4 is 25.1 Å². The highest BCUT2D eigenvalue weighted by atomic mass is 16.5. The van der Waals surface area contributed by atoms with E-state index in [9.17, 15) is 9.59 Å². The fourth-order valence-electron chi connectivity index (χ4n) is 3.27. The third-order valence-electron chi connectivity index (χ3n) is 4.69. The van der Waals surface area contributed by atoms with E-state index in [-0.39, 0.29) is 11.5 Å². The van der Waals surface area contributed by atoms with Crippen LogP contribution in [0.25, 0.3) is 12.0 Å². The van der Waals surface area contributed by atoms with E-state index < -0.39 is 5.91 Å². The zero-order valence-electron chi connectivity index (χ0n) is 19.3. The van der Waals surface area contributed by atoms with Gasteiger partial charge in [-0.25, -0.2) is 4.98 Å². The van der Waals surface area contributed by atoms with Crippen molar-refractivity contribution in [3.63, 3.8) is 0 Å². The largest absolute Gasteiger partial charge is 0.493 e. The summed E-state index contributed by atoms with van der Waals surface area (Å²) in [6.07, 6.45) is 4.51. The fraction of sp³-hybridized carbons (Fsp3) is 0.304. The van der Waals surface area contributed by atoms with E-state index in [1.54, 1.807) is 31.2 Å². The first kappa shape index (κ1) is 23.6. The van der Waals surface area contributed by atoms with Crippen LogP contribution in [0.2, 0.25) is 0 Å². The van der Waals surface area contributed by atoms with E-state index in [2.05, 4.69) is 20.4 Å². The average Bonchev–Trinajstić information content (AvgIpc) is 3.16. The highest BCUT2D eigenvalue weighted by Crippen LogP contribution is 2.38. The van der Waals surface area contributed by atoms with Crippen LogP contribution in [0.15, 0.2) is 35.1 Å². The van der Waals surface area contributed by atoms with Gasteiger partial charge in [0.1, 0.15) is 5.82 Å². The number of nitrogens with zero attached hydrogens (tertiary/aromatic N) is 3. The third kappa shape index (κ3) is 5.59. The Hall–Kier alpha value is -4.08. The van der Waals surface area contributed by atoms with Gasteiger partial charge in [0.15, 0.2) is 11.5 Å².